The van der Waals surface area contributed by atoms with Crippen LogP contribution in [0.2, 0.25) is 0 Å². The number of nitrogens with zero attached hydrogens (tertiary/aromatic N) is 3. The average Bonchev–Trinajstić information content (AvgIpc) is 2.60. The van der Waals surface area contributed by atoms with Crippen LogP contribution in [0.15, 0.2) is 61.6 Å². The monoisotopic (exact) mass is 305 g/mol. The lowest BCUT2D eigenvalue weighted by atomic mass is 10.2. The molecular weight excluding hydrogens is 290 g/mol. The lowest BCUT2D eigenvalue weighted by Gasteiger charge is -2.08. The minimum atomic E-state index is -0.313. The van der Waals surface area contributed by atoms with Crippen molar-refractivity contribution in [2.45, 2.75) is 0 Å². The Hall–Kier alpha value is -3.28. The molecule has 0 saturated heterocycles. The molecule has 3 rings (SSSR count). The fourth-order valence-electron chi connectivity index (χ4n) is 2.15. The van der Waals surface area contributed by atoms with Gasteiger partial charge in [0.15, 0.2) is 0 Å². The van der Waals surface area contributed by atoms with E-state index in [0.717, 1.165) is 10.9 Å². The van der Waals surface area contributed by atoms with Gasteiger partial charge in [-0.15, -0.1) is 6.58 Å². The van der Waals surface area contributed by atoms with Crippen molar-refractivity contribution in [1.82, 2.24) is 15.0 Å². The number of benzene rings is 1. The first-order chi connectivity index (χ1) is 11.3. The molecule has 2 aromatic heterocycles. The molecule has 6 heteroatoms. The van der Waals surface area contributed by atoms with Crippen molar-refractivity contribution in [1.29, 1.82) is 0 Å². The normalized spacial score (nSPS) is 10.3. The van der Waals surface area contributed by atoms with Gasteiger partial charge in [0.2, 0.25) is 0 Å². The summed E-state index contributed by atoms with van der Waals surface area (Å²) in [5.41, 5.74) is 1.66. The summed E-state index contributed by atoms with van der Waals surface area (Å²) in [5.74, 6) is 0.258. The summed E-state index contributed by atoms with van der Waals surface area (Å²) in [6.07, 6.45) is 4.76. The number of anilines is 2. The maximum atomic E-state index is 12.4. The quantitative estimate of drug-likeness (QED) is 0.709. The standard InChI is InChI=1S/C17H15N5O/c1-2-8-18-15-10-14(20-11-21-15)17(23)22-13-7-3-5-12-6-4-9-19-16(12)13/h2-7,9-11H,1,8H2,(H,22,23)(H,18,20,21). The molecule has 0 aliphatic carbocycles. The Labute approximate surface area is 133 Å². The van der Waals surface area contributed by atoms with E-state index in [4.69, 9.17) is 0 Å². The van der Waals surface area contributed by atoms with Gasteiger partial charge >= 0.3 is 0 Å². The minimum Gasteiger partial charge on any atom is -0.366 e. The van der Waals surface area contributed by atoms with Gasteiger partial charge in [-0.25, -0.2) is 9.97 Å². The number of hydrogen-bond donors (Lipinski definition) is 2. The van der Waals surface area contributed by atoms with Gasteiger partial charge < -0.3 is 10.6 Å². The Morgan fingerprint density at radius 1 is 1.17 bits per heavy atom. The van der Waals surface area contributed by atoms with Crippen molar-refractivity contribution in [3.8, 4) is 0 Å². The first kappa shape index (κ1) is 14.6. The Kier molecular flexibility index (Phi) is 4.24. The van der Waals surface area contributed by atoms with E-state index in [-0.39, 0.29) is 11.6 Å². The number of carbonyl (C=O) groups excluding carboxylic acids is 1. The average molecular weight is 305 g/mol. The van der Waals surface area contributed by atoms with Crippen LogP contribution in [0.4, 0.5) is 11.5 Å². The number of fused-ring (bicyclic) bond motifs is 1. The number of para-hydroxylation sites is 1. The van der Waals surface area contributed by atoms with E-state index in [9.17, 15) is 4.79 Å². The molecule has 114 valence electrons. The van der Waals surface area contributed by atoms with Crippen LogP contribution in [0.5, 0.6) is 0 Å². The fraction of sp³-hybridized carbons (Fsp3) is 0.0588. The van der Waals surface area contributed by atoms with Crippen molar-refractivity contribution in [2.24, 2.45) is 0 Å². The summed E-state index contributed by atoms with van der Waals surface area (Å²) < 4.78 is 0. The number of nitrogens with one attached hydrogen (secondary N) is 2. The Bertz CT molecular complexity index is 857. The first-order valence-corrected chi connectivity index (χ1v) is 7.10. The molecule has 0 unspecified atom stereocenters. The van der Waals surface area contributed by atoms with Crippen LogP contribution in [0.3, 0.4) is 0 Å². The van der Waals surface area contributed by atoms with Crippen LogP contribution in [0.25, 0.3) is 10.9 Å². The third-order valence-electron chi connectivity index (χ3n) is 3.21. The second-order valence-electron chi connectivity index (χ2n) is 4.79. The van der Waals surface area contributed by atoms with Gasteiger partial charge in [-0.05, 0) is 12.1 Å². The van der Waals surface area contributed by atoms with E-state index in [1.807, 2.05) is 30.3 Å². The van der Waals surface area contributed by atoms with E-state index in [1.165, 1.54) is 6.33 Å². The highest BCUT2D eigenvalue weighted by Gasteiger charge is 2.11. The lowest BCUT2D eigenvalue weighted by molar-refractivity contribution is 0.102. The number of hydrogen-bond acceptors (Lipinski definition) is 5. The van der Waals surface area contributed by atoms with E-state index >= 15 is 0 Å². The summed E-state index contributed by atoms with van der Waals surface area (Å²) >= 11 is 0. The zero-order chi connectivity index (χ0) is 16.1. The Balaban J connectivity index is 1.85. The molecule has 0 spiro atoms. The molecule has 0 fully saturated rings. The number of pyridine rings is 1. The van der Waals surface area contributed by atoms with E-state index in [0.29, 0.717) is 18.1 Å². The van der Waals surface area contributed by atoms with Crippen molar-refractivity contribution in [2.75, 3.05) is 17.2 Å². The summed E-state index contributed by atoms with van der Waals surface area (Å²) in [4.78, 5) is 24.8. The second kappa shape index (κ2) is 6.65. The molecule has 0 bridgehead atoms. The number of carbonyl (C=O) groups is 1. The summed E-state index contributed by atoms with van der Waals surface area (Å²) in [7, 11) is 0. The predicted octanol–water partition coefficient (Wildman–Crippen LogP) is 2.88. The summed E-state index contributed by atoms with van der Waals surface area (Å²) in [6, 6.07) is 11.0. The van der Waals surface area contributed by atoms with Crippen LogP contribution < -0.4 is 10.6 Å². The van der Waals surface area contributed by atoms with Crippen LogP contribution in [0, 0.1) is 0 Å². The number of amides is 1. The molecule has 0 aliphatic heterocycles. The van der Waals surface area contributed by atoms with Gasteiger partial charge in [0, 0.05) is 24.2 Å². The third-order valence-corrected chi connectivity index (χ3v) is 3.21. The van der Waals surface area contributed by atoms with Crippen LogP contribution >= 0.6 is 0 Å². The molecule has 23 heavy (non-hydrogen) atoms. The molecule has 1 amide bonds. The maximum Gasteiger partial charge on any atom is 0.274 e. The third kappa shape index (κ3) is 3.32. The number of aromatic nitrogens is 3. The molecule has 0 aliphatic rings. The molecule has 0 radical (unpaired) electrons. The smallest absolute Gasteiger partial charge is 0.274 e. The maximum absolute atomic E-state index is 12.4. The molecule has 1 aromatic carbocycles. The molecule has 0 saturated carbocycles. The number of rotatable bonds is 5. The highest BCUT2D eigenvalue weighted by Crippen LogP contribution is 2.21. The van der Waals surface area contributed by atoms with Crippen LogP contribution in [-0.4, -0.2) is 27.4 Å². The van der Waals surface area contributed by atoms with Crippen LogP contribution in [0.1, 0.15) is 10.5 Å². The highest BCUT2D eigenvalue weighted by molar-refractivity contribution is 6.07. The zero-order valence-electron chi connectivity index (χ0n) is 12.4. The Morgan fingerprint density at radius 3 is 2.91 bits per heavy atom. The van der Waals surface area contributed by atoms with E-state index in [2.05, 4.69) is 32.2 Å². The molecule has 2 N–H and O–H groups in total. The largest absolute Gasteiger partial charge is 0.366 e. The first-order valence-electron chi connectivity index (χ1n) is 7.10. The molecule has 2 heterocycles. The van der Waals surface area contributed by atoms with Crippen LogP contribution in [-0.2, 0) is 0 Å². The van der Waals surface area contributed by atoms with Gasteiger partial charge in [0.1, 0.15) is 17.8 Å². The molecule has 3 aromatic rings. The fourth-order valence-corrected chi connectivity index (χ4v) is 2.15. The Morgan fingerprint density at radius 2 is 2.04 bits per heavy atom. The predicted molar refractivity (Wildman–Crippen MR) is 90.4 cm³/mol. The minimum absolute atomic E-state index is 0.277. The lowest BCUT2D eigenvalue weighted by Crippen LogP contribution is -2.15. The van der Waals surface area contributed by atoms with Gasteiger partial charge in [0.25, 0.3) is 5.91 Å². The van der Waals surface area contributed by atoms with Crippen molar-refractivity contribution in [3.63, 3.8) is 0 Å². The van der Waals surface area contributed by atoms with Gasteiger partial charge in [-0.1, -0.05) is 24.3 Å². The second-order valence-corrected chi connectivity index (χ2v) is 4.79. The summed E-state index contributed by atoms with van der Waals surface area (Å²) in [5, 5.41) is 6.83. The van der Waals surface area contributed by atoms with E-state index in [1.54, 1.807) is 18.3 Å². The summed E-state index contributed by atoms with van der Waals surface area (Å²) in [6.45, 7) is 4.19. The molecule has 6 nitrogen and oxygen atoms in total. The van der Waals surface area contributed by atoms with Crippen molar-refractivity contribution >= 4 is 28.3 Å². The zero-order valence-corrected chi connectivity index (χ0v) is 12.4. The van der Waals surface area contributed by atoms with Gasteiger partial charge in [0.05, 0.1) is 11.2 Å². The van der Waals surface area contributed by atoms with E-state index < -0.39 is 0 Å². The van der Waals surface area contributed by atoms with Gasteiger partial charge in [-0.2, -0.15) is 0 Å². The van der Waals surface area contributed by atoms with Crippen molar-refractivity contribution in [3.05, 3.63) is 67.3 Å². The molecular formula is C17H15N5O. The molecule has 0 atom stereocenters. The van der Waals surface area contributed by atoms with Crippen molar-refractivity contribution < 1.29 is 4.79 Å². The SMILES string of the molecule is C=CCNc1cc(C(=O)Nc2cccc3cccnc23)ncn1. The topological polar surface area (TPSA) is 79.8 Å². The highest BCUT2D eigenvalue weighted by atomic mass is 16.1. The van der Waals surface area contributed by atoms with Gasteiger partial charge in [-0.3, -0.25) is 9.78 Å².